The summed E-state index contributed by atoms with van der Waals surface area (Å²) in [6, 6.07) is 13.7. The Hall–Kier alpha value is -3.81. The molecule has 0 aliphatic rings. The maximum Gasteiger partial charge on any atom is 0.287 e. The Labute approximate surface area is 148 Å². The van der Waals surface area contributed by atoms with Crippen LogP contribution in [0.3, 0.4) is 0 Å². The molecule has 0 aliphatic heterocycles. The van der Waals surface area contributed by atoms with Crippen LogP contribution in [0.25, 0.3) is 5.69 Å². The van der Waals surface area contributed by atoms with Crippen molar-refractivity contribution in [3.05, 3.63) is 78.5 Å². The number of nitrogens with one attached hydrogen (secondary N) is 3. The molecule has 2 heterocycles. The zero-order valence-electron chi connectivity index (χ0n) is 13.6. The molecule has 26 heavy (non-hydrogen) atoms. The maximum atomic E-state index is 12.3. The standard InChI is InChI=1S/C18H16N4O4/c23-16(12-19-18(25)15-8-5-11-26-15)20-21-17(24)13-6-1-2-7-14(13)22-9-3-4-10-22/h1-11H,12H2,(H,19,25)(H,20,23)(H,21,24). The zero-order chi connectivity index (χ0) is 18.4. The summed E-state index contributed by atoms with van der Waals surface area (Å²) in [5.74, 6) is -1.46. The van der Waals surface area contributed by atoms with Crippen LogP contribution < -0.4 is 16.2 Å². The van der Waals surface area contributed by atoms with Gasteiger partial charge in [0.25, 0.3) is 17.7 Å². The summed E-state index contributed by atoms with van der Waals surface area (Å²) in [6.07, 6.45) is 4.99. The van der Waals surface area contributed by atoms with Crippen molar-refractivity contribution in [1.82, 2.24) is 20.7 Å². The van der Waals surface area contributed by atoms with E-state index in [1.807, 2.05) is 30.6 Å². The molecule has 0 saturated heterocycles. The van der Waals surface area contributed by atoms with Crippen LogP contribution in [0.15, 0.2) is 71.6 Å². The topological polar surface area (TPSA) is 105 Å². The molecule has 0 atom stereocenters. The first-order valence-electron chi connectivity index (χ1n) is 7.78. The molecule has 3 rings (SSSR count). The van der Waals surface area contributed by atoms with Gasteiger partial charge in [0.15, 0.2) is 5.76 Å². The molecule has 0 saturated carbocycles. The van der Waals surface area contributed by atoms with Gasteiger partial charge in [0.05, 0.1) is 24.1 Å². The average Bonchev–Trinajstić information content (AvgIpc) is 3.38. The van der Waals surface area contributed by atoms with Crippen LogP contribution in [0.5, 0.6) is 0 Å². The first kappa shape index (κ1) is 17.0. The van der Waals surface area contributed by atoms with Crippen LogP contribution in [0.1, 0.15) is 20.9 Å². The van der Waals surface area contributed by atoms with Gasteiger partial charge in [-0.15, -0.1) is 0 Å². The van der Waals surface area contributed by atoms with Gasteiger partial charge in [-0.25, -0.2) is 0 Å². The normalized spacial score (nSPS) is 10.2. The van der Waals surface area contributed by atoms with Crippen molar-refractivity contribution in [2.45, 2.75) is 0 Å². The lowest BCUT2D eigenvalue weighted by molar-refractivity contribution is -0.120. The third kappa shape index (κ3) is 3.99. The van der Waals surface area contributed by atoms with Crippen LogP contribution in [-0.2, 0) is 4.79 Å². The predicted molar refractivity (Wildman–Crippen MR) is 92.4 cm³/mol. The lowest BCUT2D eigenvalue weighted by atomic mass is 10.1. The van der Waals surface area contributed by atoms with E-state index in [0.29, 0.717) is 11.3 Å². The Morgan fingerprint density at radius 3 is 2.38 bits per heavy atom. The van der Waals surface area contributed by atoms with E-state index < -0.39 is 17.7 Å². The molecule has 3 aromatic rings. The molecule has 8 nitrogen and oxygen atoms in total. The number of hydrazine groups is 1. The second-order valence-corrected chi connectivity index (χ2v) is 5.27. The molecule has 0 spiro atoms. The van der Waals surface area contributed by atoms with Crippen LogP contribution in [0.4, 0.5) is 0 Å². The van der Waals surface area contributed by atoms with E-state index in [9.17, 15) is 14.4 Å². The third-order valence-corrected chi connectivity index (χ3v) is 3.50. The second kappa shape index (κ2) is 7.84. The second-order valence-electron chi connectivity index (χ2n) is 5.27. The lowest BCUT2D eigenvalue weighted by Crippen LogP contribution is -2.46. The monoisotopic (exact) mass is 352 g/mol. The Bertz CT molecular complexity index is 901. The summed E-state index contributed by atoms with van der Waals surface area (Å²) in [4.78, 5) is 35.8. The van der Waals surface area contributed by atoms with Crippen molar-refractivity contribution < 1.29 is 18.8 Å². The number of carbonyl (C=O) groups excluding carboxylic acids is 3. The van der Waals surface area contributed by atoms with E-state index in [-0.39, 0.29) is 12.3 Å². The van der Waals surface area contributed by atoms with Gasteiger partial charge >= 0.3 is 0 Å². The number of hydrogen-bond acceptors (Lipinski definition) is 4. The number of rotatable bonds is 5. The number of nitrogens with zero attached hydrogens (tertiary/aromatic N) is 1. The van der Waals surface area contributed by atoms with Gasteiger partial charge in [0.1, 0.15) is 0 Å². The summed E-state index contributed by atoms with van der Waals surface area (Å²) >= 11 is 0. The summed E-state index contributed by atoms with van der Waals surface area (Å²) in [7, 11) is 0. The SMILES string of the molecule is O=C(CNC(=O)c1ccco1)NNC(=O)c1ccccc1-n1cccc1. The quantitative estimate of drug-likeness (QED) is 0.601. The number of para-hydroxylation sites is 1. The molecule has 1 aromatic carbocycles. The van der Waals surface area contributed by atoms with Crippen molar-refractivity contribution in [3.63, 3.8) is 0 Å². The minimum Gasteiger partial charge on any atom is -0.459 e. The highest BCUT2D eigenvalue weighted by Gasteiger charge is 2.14. The molecule has 0 unspecified atom stereocenters. The highest BCUT2D eigenvalue weighted by atomic mass is 16.3. The van der Waals surface area contributed by atoms with Crippen LogP contribution in [-0.4, -0.2) is 28.8 Å². The van der Waals surface area contributed by atoms with Crippen LogP contribution in [0, 0.1) is 0 Å². The molecular formula is C18H16N4O4. The molecule has 3 amide bonds. The van der Waals surface area contributed by atoms with Crippen molar-refractivity contribution in [1.29, 1.82) is 0 Å². The van der Waals surface area contributed by atoms with E-state index in [1.54, 1.807) is 28.8 Å². The Kier molecular flexibility index (Phi) is 5.14. The van der Waals surface area contributed by atoms with E-state index >= 15 is 0 Å². The first-order chi connectivity index (χ1) is 12.6. The summed E-state index contributed by atoms with van der Waals surface area (Å²) in [5.41, 5.74) is 5.66. The van der Waals surface area contributed by atoms with Crippen molar-refractivity contribution in [2.75, 3.05) is 6.54 Å². The van der Waals surface area contributed by atoms with E-state index in [1.165, 1.54) is 12.3 Å². The zero-order valence-corrected chi connectivity index (χ0v) is 13.6. The Morgan fingerprint density at radius 2 is 1.65 bits per heavy atom. The fraction of sp³-hybridized carbons (Fsp3) is 0.0556. The lowest BCUT2D eigenvalue weighted by Gasteiger charge is -2.12. The molecule has 0 bridgehead atoms. The van der Waals surface area contributed by atoms with Gasteiger partial charge in [-0.05, 0) is 36.4 Å². The van der Waals surface area contributed by atoms with Crippen molar-refractivity contribution >= 4 is 17.7 Å². The molecule has 2 aromatic heterocycles. The molecule has 132 valence electrons. The van der Waals surface area contributed by atoms with Crippen molar-refractivity contribution in [3.8, 4) is 5.69 Å². The molecule has 0 fully saturated rings. The van der Waals surface area contributed by atoms with Gasteiger partial charge in [-0.2, -0.15) is 0 Å². The average molecular weight is 352 g/mol. The summed E-state index contributed by atoms with van der Waals surface area (Å²) < 4.78 is 6.71. The number of hydrogen-bond donors (Lipinski definition) is 3. The van der Waals surface area contributed by atoms with Gasteiger partial charge in [-0.3, -0.25) is 25.2 Å². The fourth-order valence-electron chi connectivity index (χ4n) is 2.28. The molecule has 0 aliphatic carbocycles. The van der Waals surface area contributed by atoms with Gasteiger partial charge in [-0.1, -0.05) is 12.1 Å². The number of benzene rings is 1. The predicted octanol–water partition coefficient (Wildman–Crippen LogP) is 1.26. The summed E-state index contributed by atoms with van der Waals surface area (Å²) in [5, 5.41) is 2.38. The maximum absolute atomic E-state index is 12.3. The number of amides is 3. The first-order valence-corrected chi connectivity index (χ1v) is 7.78. The molecule has 8 heteroatoms. The highest BCUT2D eigenvalue weighted by molar-refractivity contribution is 5.99. The number of aromatic nitrogens is 1. The van der Waals surface area contributed by atoms with E-state index in [0.717, 1.165) is 0 Å². The number of furan rings is 1. The fourth-order valence-corrected chi connectivity index (χ4v) is 2.28. The van der Waals surface area contributed by atoms with Crippen LogP contribution >= 0.6 is 0 Å². The Morgan fingerprint density at radius 1 is 0.885 bits per heavy atom. The van der Waals surface area contributed by atoms with Gasteiger partial charge in [0, 0.05) is 12.4 Å². The smallest absolute Gasteiger partial charge is 0.287 e. The minimum absolute atomic E-state index is 0.0995. The molecule has 3 N–H and O–H groups in total. The minimum atomic E-state index is -0.572. The largest absolute Gasteiger partial charge is 0.459 e. The Balaban J connectivity index is 1.54. The summed E-state index contributed by atoms with van der Waals surface area (Å²) in [6.45, 7) is -0.306. The van der Waals surface area contributed by atoms with Gasteiger partial charge < -0.3 is 14.3 Å². The van der Waals surface area contributed by atoms with E-state index in [2.05, 4.69) is 16.2 Å². The van der Waals surface area contributed by atoms with E-state index in [4.69, 9.17) is 4.42 Å². The number of carbonyl (C=O) groups is 3. The van der Waals surface area contributed by atoms with Crippen LogP contribution in [0.2, 0.25) is 0 Å². The third-order valence-electron chi connectivity index (χ3n) is 3.50. The molecular weight excluding hydrogens is 336 g/mol. The van der Waals surface area contributed by atoms with Gasteiger partial charge in [0.2, 0.25) is 0 Å². The highest BCUT2D eigenvalue weighted by Crippen LogP contribution is 2.14. The molecule has 0 radical (unpaired) electrons. The van der Waals surface area contributed by atoms with Crippen molar-refractivity contribution in [2.24, 2.45) is 0 Å².